The molecule has 128 valence electrons. The number of nitrogens with one attached hydrogen (secondary N) is 1. The number of sulfonamides is 2. The summed E-state index contributed by atoms with van der Waals surface area (Å²) >= 11 is 1.58. The molecule has 3 N–H and O–H groups in total. The van der Waals surface area contributed by atoms with Gasteiger partial charge >= 0.3 is 0 Å². The summed E-state index contributed by atoms with van der Waals surface area (Å²) in [7, 11) is -7.92. The van der Waals surface area contributed by atoms with Gasteiger partial charge in [0.05, 0.1) is 11.1 Å². The predicted octanol–water partition coefficient (Wildman–Crippen LogP) is 2.47. The normalized spacial score (nSPS) is 12.4. The van der Waals surface area contributed by atoms with E-state index in [4.69, 9.17) is 5.14 Å². The topological polar surface area (TPSA) is 106 Å². The largest absolute Gasteiger partial charge is 0.279 e. The molecule has 0 saturated heterocycles. The zero-order valence-electron chi connectivity index (χ0n) is 12.7. The third-order valence-electron chi connectivity index (χ3n) is 3.00. The van der Waals surface area contributed by atoms with E-state index in [2.05, 4.69) is 4.72 Å². The number of hydrogen-bond donors (Lipinski definition) is 2. The van der Waals surface area contributed by atoms with Crippen molar-refractivity contribution in [1.82, 2.24) is 0 Å². The van der Waals surface area contributed by atoms with Gasteiger partial charge in [0.2, 0.25) is 10.0 Å². The molecule has 9 heteroatoms. The molecule has 24 heavy (non-hydrogen) atoms. The Labute approximate surface area is 145 Å². The minimum absolute atomic E-state index is 0.0950. The van der Waals surface area contributed by atoms with Crippen molar-refractivity contribution in [2.24, 2.45) is 5.14 Å². The molecule has 0 unspecified atom stereocenters. The summed E-state index contributed by atoms with van der Waals surface area (Å²) in [5, 5.41) is 6.06. The van der Waals surface area contributed by atoms with E-state index in [-0.39, 0.29) is 10.6 Å². The lowest BCUT2D eigenvalue weighted by Crippen LogP contribution is -2.17. The van der Waals surface area contributed by atoms with E-state index >= 15 is 0 Å². The lowest BCUT2D eigenvalue weighted by atomic mass is 10.2. The van der Waals surface area contributed by atoms with Crippen molar-refractivity contribution in [3.63, 3.8) is 0 Å². The van der Waals surface area contributed by atoms with Gasteiger partial charge in [0.1, 0.15) is 4.90 Å². The van der Waals surface area contributed by atoms with E-state index in [9.17, 15) is 16.8 Å². The highest BCUT2D eigenvalue weighted by Crippen LogP contribution is 2.21. The van der Waals surface area contributed by atoms with Crippen LogP contribution in [0.3, 0.4) is 0 Å². The summed E-state index contributed by atoms with van der Waals surface area (Å²) in [5.74, 6) is 0. The van der Waals surface area contributed by atoms with Crippen LogP contribution in [0.2, 0.25) is 0 Å². The fourth-order valence-electron chi connectivity index (χ4n) is 1.87. The standard InChI is InChI=1S/C15H16N2O4S3/c1-22-13-8-6-12(7-9-13)10-11-23(18,19)17-14-4-2-3-5-15(14)24(16,20)21/h2-11,17H,1H3,(H2,16,20,21). The molecule has 0 fully saturated rings. The van der Waals surface area contributed by atoms with E-state index in [0.29, 0.717) is 5.56 Å². The van der Waals surface area contributed by atoms with Crippen molar-refractivity contribution >= 4 is 43.6 Å². The highest BCUT2D eigenvalue weighted by atomic mass is 32.2. The molecule has 2 aromatic carbocycles. The second-order valence-electron chi connectivity index (χ2n) is 4.76. The zero-order chi connectivity index (χ0) is 17.8. The van der Waals surface area contributed by atoms with Crippen LogP contribution in [-0.4, -0.2) is 23.1 Å². The van der Waals surface area contributed by atoms with Crippen molar-refractivity contribution in [3.8, 4) is 0 Å². The fraction of sp³-hybridized carbons (Fsp3) is 0.0667. The minimum atomic E-state index is -4.03. The van der Waals surface area contributed by atoms with Crippen molar-refractivity contribution in [2.45, 2.75) is 9.79 Å². The Hall–Kier alpha value is -1.81. The number of thioether (sulfide) groups is 1. The van der Waals surface area contributed by atoms with Gasteiger partial charge in [0.15, 0.2) is 0 Å². The number of anilines is 1. The second-order valence-corrected chi connectivity index (χ2v) is 8.74. The molecule has 0 bridgehead atoms. The van der Waals surface area contributed by atoms with E-state index in [1.807, 2.05) is 18.4 Å². The molecule has 0 aromatic heterocycles. The van der Waals surface area contributed by atoms with Gasteiger partial charge in [0, 0.05) is 4.90 Å². The molecule has 2 rings (SSSR count). The number of nitrogens with two attached hydrogens (primary N) is 1. The van der Waals surface area contributed by atoms with Crippen molar-refractivity contribution in [1.29, 1.82) is 0 Å². The lowest BCUT2D eigenvalue weighted by Gasteiger charge is -2.08. The highest BCUT2D eigenvalue weighted by molar-refractivity contribution is 7.98. The van der Waals surface area contributed by atoms with E-state index in [0.717, 1.165) is 10.3 Å². The van der Waals surface area contributed by atoms with Gasteiger partial charge in [-0.05, 0) is 42.2 Å². The van der Waals surface area contributed by atoms with Crippen LogP contribution < -0.4 is 9.86 Å². The molecule has 0 radical (unpaired) electrons. The van der Waals surface area contributed by atoms with Crippen LogP contribution in [0.25, 0.3) is 6.08 Å². The summed E-state index contributed by atoms with van der Waals surface area (Å²) in [6.45, 7) is 0. The molecular formula is C15H16N2O4S3. The lowest BCUT2D eigenvalue weighted by molar-refractivity contribution is 0.598. The zero-order valence-corrected chi connectivity index (χ0v) is 15.2. The van der Waals surface area contributed by atoms with Gasteiger partial charge in [-0.3, -0.25) is 4.72 Å². The molecule has 0 aliphatic carbocycles. The Balaban J connectivity index is 2.24. The molecule has 0 amide bonds. The van der Waals surface area contributed by atoms with E-state index in [1.165, 1.54) is 30.3 Å². The molecule has 0 saturated carbocycles. The molecule has 0 aliphatic rings. The first-order valence-electron chi connectivity index (χ1n) is 6.68. The maximum Gasteiger partial charge on any atom is 0.255 e. The van der Waals surface area contributed by atoms with Crippen LogP contribution in [0.15, 0.2) is 63.7 Å². The van der Waals surface area contributed by atoms with Crippen LogP contribution in [0.5, 0.6) is 0 Å². The Morgan fingerprint density at radius 3 is 2.21 bits per heavy atom. The minimum Gasteiger partial charge on any atom is -0.279 e. The van der Waals surface area contributed by atoms with Crippen molar-refractivity contribution in [3.05, 3.63) is 59.5 Å². The molecular weight excluding hydrogens is 368 g/mol. The van der Waals surface area contributed by atoms with Crippen molar-refractivity contribution in [2.75, 3.05) is 11.0 Å². The van der Waals surface area contributed by atoms with Gasteiger partial charge in [-0.25, -0.2) is 22.0 Å². The first-order valence-corrected chi connectivity index (χ1v) is 11.0. The summed E-state index contributed by atoms with van der Waals surface area (Å²) in [5.41, 5.74) is 0.611. The quantitative estimate of drug-likeness (QED) is 0.744. The fourth-order valence-corrected chi connectivity index (χ4v) is 3.93. The first kappa shape index (κ1) is 18.5. The summed E-state index contributed by atoms with van der Waals surface area (Å²) in [4.78, 5) is 0.779. The maximum atomic E-state index is 12.1. The smallest absolute Gasteiger partial charge is 0.255 e. The Kier molecular flexibility index (Phi) is 5.70. The summed E-state index contributed by atoms with van der Waals surface area (Å²) in [6, 6.07) is 12.9. The van der Waals surface area contributed by atoms with Crippen LogP contribution >= 0.6 is 11.8 Å². The van der Waals surface area contributed by atoms with E-state index in [1.54, 1.807) is 23.9 Å². The van der Waals surface area contributed by atoms with Gasteiger partial charge < -0.3 is 0 Å². The van der Waals surface area contributed by atoms with E-state index < -0.39 is 20.0 Å². The average molecular weight is 385 g/mol. The summed E-state index contributed by atoms with van der Waals surface area (Å²) in [6.07, 6.45) is 3.37. The Morgan fingerprint density at radius 2 is 1.62 bits per heavy atom. The van der Waals surface area contributed by atoms with Gasteiger partial charge in [0.25, 0.3) is 10.0 Å². The number of benzene rings is 2. The van der Waals surface area contributed by atoms with Crippen LogP contribution in [0.4, 0.5) is 5.69 Å². The molecule has 2 aromatic rings. The van der Waals surface area contributed by atoms with Crippen LogP contribution in [0, 0.1) is 0 Å². The second kappa shape index (κ2) is 7.39. The van der Waals surface area contributed by atoms with Crippen molar-refractivity contribution < 1.29 is 16.8 Å². The predicted molar refractivity (Wildman–Crippen MR) is 97.6 cm³/mol. The third kappa shape index (κ3) is 5.10. The molecule has 6 nitrogen and oxygen atoms in total. The van der Waals surface area contributed by atoms with Gasteiger partial charge in [-0.1, -0.05) is 24.3 Å². The van der Waals surface area contributed by atoms with Crippen LogP contribution in [-0.2, 0) is 20.0 Å². The van der Waals surface area contributed by atoms with Crippen LogP contribution in [0.1, 0.15) is 5.56 Å². The number of hydrogen-bond acceptors (Lipinski definition) is 5. The Morgan fingerprint density at radius 1 is 1.00 bits per heavy atom. The molecule has 0 atom stereocenters. The van der Waals surface area contributed by atoms with Gasteiger partial charge in [-0.15, -0.1) is 11.8 Å². The third-order valence-corrected chi connectivity index (χ3v) is 5.71. The molecule has 0 aliphatic heterocycles. The monoisotopic (exact) mass is 384 g/mol. The number of primary sulfonamides is 1. The average Bonchev–Trinajstić information content (AvgIpc) is 2.52. The SMILES string of the molecule is CSc1ccc(C=CS(=O)(=O)Nc2ccccc2S(N)(=O)=O)cc1. The number of para-hydroxylation sites is 1. The Bertz CT molecular complexity index is 950. The molecule has 0 spiro atoms. The first-order chi connectivity index (χ1) is 11.2. The molecule has 0 heterocycles. The maximum absolute atomic E-state index is 12.1. The highest BCUT2D eigenvalue weighted by Gasteiger charge is 2.16. The van der Waals surface area contributed by atoms with Gasteiger partial charge in [-0.2, -0.15) is 0 Å². The summed E-state index contributed by atoms with van der Waals surface area (Å²) < 4.78 is 49.5. The number of rotatable bonds is 6.